The number of nitrogens with one attached hydrogen (secondary N) is 1. The summed E-state index contributed by atoms with van der Waals surface area (Å²) < 4.78 is 11.1. The van der Waals surface area contributed by atoms with Crippen LogP contribution < -0.4 is 5.32 Å². The molecule has 0 radical (unpaired) electrons. The molecule has 2 aromatic rings. The van der Waals surface area contributed by atoms with Crippen molar-refractivity contribution in [2.75, 3.05) is 18.9 Å². The van der Waals surface area contributed by atoms with Crippen LogP contribution in [0.25, 0.3) is 11.5 Å². The molecular formula is C19H25N3O3S. The summed E-state index contributed by atoms with van der Waals surface area (Å²) >= 11 is 1.24. The number of carbonyl (C=O) groups is 1. The van der Waals surface area contributed by atoms with Gasteiger partial charge < -0.3 is 14.5 Å². The van der Waals surface area contributed by atoms with Gasteiger partial charge in [-0.15, -0.1) is 10.2 Å². The number of benzene rings is 1. The minimum absolute atomic E-state index is 0.0558. The lowest BCUT2D eigenvalue weighted by molar-refractivity contribution is -0.119. The van der Waals surface area contributed by atoms with Crippen LogP contribution in [0.15, 0.2) is 33.9 Å². The first kappa shape index (κ1) is 18.9. The fraction of sp³-hybridized carbons (Fsp3) is 0.526. The highest BCUT2D eigenvalue weighted by molar-refractivity contribution is 7.99. The normalized spacial score (nSPS) is 17.4. The van der Waals surface area contributed by atoms with Gasteiger partial charge in [-0.3, -0.25) is 4.79 Å². The highest BCUT2D eigenvalue weighted by Crippen LogP contribution is 2.27. The molecule has 0 spiro atoms. The van der Waals surface area contributed by atoms with Gasteiger partial charge >= 0.3 is 0 Å². The molecule has 6 nitrogen and oxygen atoms in total. The smallest absolute Gasteiger partial charge is 0.277 e. The van der Waals surface area contributed by atoms with Gasteiger partial charge in [-0.1, -0.05) is 44.7 Å². The van der Waals surface area contributed by atoms with Gasteiger partial charge in [0.05, 0.1) is 11.9 Å². The molecule has 140 valence electrons. The Bertz CT molecular complexity index is 731. The second-order valence-corrected chi connectivity index (χ2v) is 8.35. The molecule has 3 rings (SSSR count). The number of hydrogen-bond acceptors (Lipinski definition) is 6. The number of ether oxygens (including phenoxy) is 1. The molecule has 7 heteroatoms. The van der Waals surface area contributed by atoms with Gasteiger partial charge in [0.15, 0.2) is 0 Å². The topological polar surface area (TPSA) is 77.2 Å². The van der Waals surface area contributed by atoms with Crippen LogP contribution in [-0.2, 0) is 14.9 Å². The van der Waals surface area contributed by atoms with Gasteiger partial charge in [0.25, 0.3) is 5.22 Å². The van der Waals surface area contributed by atoms with E-state index in [9.17, 15) is 4.79 Å². The predicted molar refractivity (Wildman–Crippen MR) is 101 cm³/mol. The molecule has 1 aliphatic heterocycles. The van der Waals surface area contributed by atoms with Gasteiger partial charge in [-0.2, -0.15) is 0 Å². The number of hydrogen-bond donors (Lipinski definition) is 1. The van der Waals surface area contributed by atoms with Crippen LogP contribution in [0.5, 0.6) is 0 Å². The zero-order valence-corrected chi connectivity index (χ0v) is 16.3. The molecule has 2 heterocycles. The van der Waals surface area contributed by atoms with E-state index in [4.69, 9.17) is 9.15 Å². The SMILES string of the molecule is CC(C)(C)c1ccc(-c2nnc(SCC(=O)NCC3CCCO3)o2)cc1. The average molecular weight is 375 g/mol. The number of thioether (sulfide) groups is 1. The summed E-state index contributed by atoms with van der Waals surface area (Å²) in [5, 5.41) is 11.4. The average Bonchev–Trinajstić information content (AvgIpc) is 3.29. The molecule has 26 heavy (non-hydrogen) atoms. The summed E-state index contributed by atoms with van der Waals surface area (Å²) in [6, 6.07) is 8.11. The maximum Gasteiger partial charge on any atom is 0.277 e. The largest absolute Gasteiger partial charge is 0.411 e. The third-order valence-corrected chi connectivity index (χ3v) is 5.10. The monoisotopic (exact) mass is 375 g/mol. The Balaban J connectivity index is 1.50. The summed E-state index contributed by atoms with van der Waals surface area (Å²) in [6.07, 6.45) is 2.22. The van der Waals surface area contributed by atoms with Crippen LogP contribution in [0.3, 0.4) is 0 Å². The number of aromatic nitrogens is 2. The molecule has 1 N–H and O–H groups in total. The standard InChI is InChI=1S/C19H25N3O3S/c1-19(2,3)14-8-6-13(7-9-14)17-21-22-18(25-17)26-12-16(23)20-11-15-5-4-10-24-15/h6-9,15H,4-5,10-12H2,1-3H3,(H,20,23). The summed E-state index contributed by atoms with van der Waals surface area (Å²) in [4.78, 5) is 11.9. The van der Waals surface area contributed by atoms with Crippen LogP contribution in [-0.4, -0.2) is 41.1 Å². The first-order valence-electron chi connectivity index (χ1n) is 8.87. The molecule has 0 bridgehead atoms. The van der Waals surface area contributed by atoms with E-state index >= 15 is 0 Å². The Kier molecular flexibility index (Phi) is 5.98. The van der Waals surface area contributed by atoms with Crippen molar-refractivity contribution in [1.29, 1.82) is 0 Å². The van der Waals surface area contributed by atoms with Crippen LogP contribution in [0.1, 0.15) is 39.2 Å². The first-order chi connectivity index (χ1) is 12.4. The molecule has 1 aromatic carbocycles. The van der Waals surface area contributed by atoms with E-state index in [-0.39, 0.29) is 23.2 Å². The predicted octanol–water partition coefficient (Wildman–Crippen LogP) is 3.42. The molecule has 1 amide bonds. The van der Waals surface area contributed by atoms with E-state index in [0.29, 0.717) is 17.7 Å². The highest BCUT2D eigenvalue weighted by atomic mass is 32.2. The zero-order chi connectivity index (χ0) is 18.6. The van der Waals surface area contributed by atoms with E-state index in [0.717, 1.165) is 25.0 Å². The maximum atomic E-state index is 11.9. The second kappa shape index (κ2) is 8.22. The third-order valence-electron chi connectivity index (χ3n) is 4.28. The number of nitrogens with zero attached hydrogens (tertiary/aromatic N) is 2. The van der Waals surface area contributed by atoms with Gasteiger partial charge in [0.2, 0.25) is 11.8 Å². The quantitative estimate of drug-likeness (QED) is 0.780. The summed E-state index contributed by atoms with van der Waals surface area (Å²) in [5.74, 6) is 0.657. The molecule has 0 aliphatic carbocycles. The second-order valence-electron chi connectivity index (χ2n) is 7.43. The molecule has 1 saturated heterocycles. The van der Waals surface area contributed by atoms with Gasteiger partial charge in [-0.25, -0.2) is 0 Å². The zero-order valence-electron chi connectivity index (χ0n) is 15.4. The van der Waals surface area contributed by atoms with Crippen molar-refractivity contribution in [2.24, 2.45) is 0 Å². The lowest BCUT2D eigenvalue weighted by Crippen LogP contribution is -2.32. The molecular weight excluding hydrogens is 350 g/mol. The fourth-order valence-electron chi connectivity index (χ4n) is 2.71. The minimum Gasteiger partial charge on any atom is -0.411 e. The van der Waals surface area contributed by atoms with Crippen molar-refractivity contribution in [2.45, 2.75) is 50.4 Å². The fourth-order valence-corrected chi connectivity index (χ4v) is 3.30. The van der Waals surface area contributed by atoms with Crippen molar-refractivity contribution in [1.82, 2.24) is 15.5 Å². The molecule has 1 atom stereocenters. The summed E-state index contributed by atoms with van der Waals surface area (Å²) in [5.41, 5.74) is 2.23. The highest BCUT2D eigenvalue weighted by Gasteiger charge is 2.17. The first-order valence-corrected chi connectivity index (χ1v) is 9.86. The van der Waals surface area contributed by atoms with Gasteiger partial charge in [0, 0.05) is 18.7 Å². The van der Waals surface area contributed by atoms with Crippen molar-refractivity contribution in [3.63, 3.8) is 0 Å². The van der Waals surface area contributed by atoms with Crippen molar-refractivity contribution in [3.05, 3.63) is 29.8 Å². The Labute approximate surface area is 158 Å². The molecule has 1 aliphatic rings. The lowest BCUT2D eigenvalue weighted by atomic mass is 9.87. The van der Waals surface area contributed by atoms with Gasteiger partial charge in [0.1, 0.15) is 0 Å². The molecule has 1 aromatic heterocycles. The van der Waals surface area contributed by atoms with Crippen molar-refractivity contribution in [3.8, 4) is 11.5 Å². The molecule has 1 fully saturated rings. The van der Waals surface area contributed by atoms with Crippen LogP contribution in [0.4, 0.5) is 0 Å². The van der Waals surface area contributed by atoms with Crippen molar-refractivity contribution < 1.29 is 13.9 Å². The van der Waals surface area contributed by atoms with E-state index in [1.807, 2.05) is 12.1 Å². The maximum absolute atomic E-state index is 11.9. The number of amides is 1. The molecule has 0 saturated carbocycles. The van der Waals surface area contributed by atoms with Gasteiger partial charge in [-0.05, 0) is 36.0 Å². The van der Waals surface area contributed by atoms with Crippen LogP contribution >= 0.6 is 11.8 Å². The lowest BCUT2D eigenvalue weighted by Gasteiger charge is -2.18. The molecule has 1 unspecified atom stereocenters. The van der Waals surface area contributed by atoms with E-state index in [1.54, 1.807) is 0 Å². The summed E-state index contributed by atoms with van der Waals surface area (Å²) in [7, 11) is 0. The Morgan fingerprint density at radius 2 is 2.04 bits per heavy atom. The van der Waals surface area contributed by atoms with E-state index in [2.05, 4.69) is 48.4 Å². The van der Waals surface area contributed by atoms with Crippen molar-refractivity contribution >= 4 is 17.7 Å². The number of rotatable bonds is 6. The number of carbonyl (C=O) groups excluding carboxylic acids is 1. The van der Waals surface area contributed by atoms with E-state index in [1.165, 1.54) is 17.3 Å². The van der Waals surface area contributed by atoms with Crippen LogP contribution in [0.2, 0.25) is 0 Å². The Hall–Kier alpha value is -1.86. The summed E-state index contributed by atoms with van der Waals surface area (Å²) in [6.45, 7) is 7.87. The van der Waals surface area contributed by atoms with Crippen LogP contribution in [0, 0.1) is 0 Å². The Morgan fingerprint density at radius 3 is 2.69 bits per heavy atom. The van der Waals surface area contributed by atoms with E-state index < -0.39 is 0 Å². The minimum atomic E-state index is -0.0558. The third kappa shape index (κ3) is 5.08. The Morgan fingerprint density at radius 1 is 1.27 bits per heavy atom.